The second-order valence-corrected chi connectivity index (χ2v) is 8.94. The molecule has 0 atom stereocenters. The number of aromatic nitrogens is 2. The molecular weight excluding hydrogens is 657 g/mol. The number of benzene rings is 4. The number of pyridine rings is 2. The van der Waals surface area contributed by atoms with Gasteiger partial charge in [0.05, 0.1) is 5.58 Å². The molecule has 0 fully saturated rings. The van der Waals surface area contributed by atoms with Gasteiger partial charge >= 0.3 is 0 Å². The normalized spacial score (nSPS) is 10.5. The van der Waals surface area contributed by atoms with Crippen molar-refractivity contribution in [2.45, 2.75) is 6.92 Å². The number of fused-ring (bicyclic) bond motifs is 3. The molecule has 191 valence electrons. The molecule has 7 aromatic rings. The van der Waals surface area contributed by atoms with Crippen LogP contribution in [0.5, 0.6) is 0 Å². The molecule has 0 bridgehead atoms. The van der Waals surface area contributed by atoms with Gasteiger partial charge in [0.25, 0.3) is 0 Å². The number of furan rings is 1. The van der Waals surface area contributed by atoms with E-state index in [0.717, 1.165) is 50.0 Å². The molecule has 3 heterocycles. The molecule has 3 aromatic heterocycles. The van der Waals surface area contributed by atoms with E-state index in [0.29, 0.717) is 0 Å². The third-order valence-electron chi connectivity index (χ3n) is 6.44. The van der Waals surface area contributed by atoms with E-state index in [1.54, 1.807) is 12.4 Å². The summed E-state index contributed by atoms with van der Waals surface area (Å²) in [7, 11) is 0. The largest absolute Gasteiger partial charge is 0.500 e. The number of hydrogen-bond donors (Lipinski definition) is 0. The maximum atomic E-state index is 6.10. The van der Waals surface area contributed by atoms with Crippen molar-refractivity contribution in [3.63, 3.8) is 0 Å². The first-order valence-electron chi connectivity index (χ1n) is 12.5. The summed E-state index contributed by atoms with van der Waals surface area (Å²) in [5.74, 6) is 0. The van der Waals surface area contributed by atoms with Crippen molar-refractivity contribution in [1.82, 2.24) is 9.97 Å². The van der Waals surface area contributed by atoms with Crippen LogP contribution in [0.2, 0.25) is 0 Å². The quantitative estimate of drug-likeness (QED) is 0.175. The van der Waals surface area contributed by atoms with Gasteiger partial charge in [-0.3, -0.25) is 0 Å². The van der Waals surface area contributed by atoms with E-state index in [4.69, 9.17) is 4.42 Å². The smallest absolute Gasteiger partial charge is 0.123 e. The van der Waals surface area contributed by atoms with Crippen molar-refractivity contribution in [2.75, 3.05) is 0 Å². The molecule has 7 rings (SSSR count). The zero-order valence-electron chi connectivity index (χ0n) is 21.3. The van der Waals surface area contributed by atoms with Crippen LogP contribution in [-0.2, 0) is 20.1 Å². The van der Waals surface area contributed by atoms with Crippen LogP contribution in [0, 0.1) is 19.1 Å². The first-order valence-corrected chi connectivity index (χ1v) is 12.5. The molecule has 0 spiro atoms. The van der Waals surface area contributed by atoms with Gasteiger partial charge < -0.3 is 14.4 Å². The Morgan fingerprint density at radius 2 is 1.31 bits per heavy atom. The summed E-state index contributed by atoms with van der Waals surface area (Å²) < 4.78 is 6.10. The molecule has 0 saturated carbocycles. The standard InChI is InChI=1S/C18H12NO.C17H12N.Ir/c1-12-6-4-7-13-14-8-5-9-15(18(14)20-17(12)13)16-10-2-3-11-19-16;1-2-6-14(7-3-1)15-9-11-16(12-10-15)17-8-4-5-13-18-17;/h2-8,10-11H,1H3;1-11,13H;/q2*-1;. The summed E-state index contributed by atoms with van der Waals surface area (Å²) >= 11 is 0. The predicted octanol–water partition coefficient (Wildman–Crippen LogP) is 8.97. The summed E-state index contributed by atoms with van der Waals surface area (Å²) in [6, 6.07) is 45.0. The molecule has 0 amide bonds. The van der Waals surface area contributed by atoms with Crippen LogP contribution < -0.4 is 0 Å². The minimum Gasteiger partial charge on any atom is -0.500 e. The van der Waals surface area contributed by atoms with Crippen LogP contribution >= 0.6 is 0 Å². The van der Waals surface area contributed by atoms with Crippen LogP contribution in [0.25, 0.3) is 55.6 Å². The number of hydrogen-bond acceptors (Lipinski definition) is 3. The topological polar surface area (TPSA) is 38.9 Å². The summed E-state index contributed by atoms with van der Waals surface area (Å²) in [5.41, 5.74) is 9.11. The molecule has 0 saturated heterocycles. The summed E-state index contributed by atoms with van der Waals surface area (Å²) in [4.78, 5) is 8.72. The van der Waals surface area contributed by atoms with Gasteiger partial charge in [-0.1, -0.05) is 94.9 Å². The fourth-order valence-corrected chi connectivity index (χ4v) is 4.52. The Hall–Kier alpha value is -4.37. The first kappa shape index (κ1) is 26.2. The number of aryl methyl sites for hydroxylation is 1. The van der Waals surface area contributed by atoms with Gasteiger partial charge in [0.2, 0.25) is 0 Å². The summed E-state index contributed by atoms with van der Waals surface area (Å²) in [6.45, 7) is 2.06. The Morgan fingerprint density at radius 3 is 2.00 bits per heavy atom. The van der Waals surface area contributed by atoms with Crippen LogP contribution in [-0.4, -0.2) is 9.97 Å². The van der Waals surface area contributed by atoms with Gasteiger partial charge in [0.15, 0.2) is 0 Å². The van der Waals surface area contributed by atoms with Gasteiger partial charge in [-0.15, -0.1) is 48.0 Å². The zero-order valence-corrected chi connectivity index (χ0v) is 23.7. The van der Waals surface area contributed by atoms with Crippen molar-refractivity contribution in [2.24, 2.45) is 0 Å². The third kappa shape index (κ3) is 5.58. The average Bonchev–Trinajstić information content (AvgIpc) is 3.39. The molecule has 0 aliphatic carbocycles. The maximum Gasteiger partial charge on any atom is 0.123 e. The SMILES string of the molecule is Cc1cccc2c1oc1c(-c3ccccn3)[c-]ccc12.[Ir].[c-]1cc(-c2ccccc2)ccc1-c1ccccn1. The Kier molecular flexibility index (Phi) is 8.07. The van der Waals surface area contributed by atoms with Gasteiger partial charge in [-0.25, -0.2) is 0 Å². The zero-order chi connectivity index (χ0) is 25.7. The molecule has 1 radical (unpaired) electrons. The van der Waals surface area contributed by atoms with Crippen molar-refractivity contribution in [1.29, 1.82) is 0 Å². The van der Waals surface area contributed by atoms with Crippen molar-refractivity contribution < 1.29 is 24.5 Å². The Bertz CT molecular complexity index is 1740. The molecule has 0 aliphatic heterocycles. The number of nitrogens with zero attached hydrogens (tertiary/aromatic N) is 2. The Labute approximate surface area is 241 Å². The van der Waals surface area contributed by atoms with Crippen LogP contribution in [0.15, 0.2) is 132 Å². The van der Waals surface area contributed by atoms with E-state index in [1.165, 1.54) is 11.1 Å². The van der Waals surface area contributed by atoms with E-state index in [2.05, 4.69) is 71.5 Å². The fraction of sp³-hybridized carbons (Fsp3) is 0.0286. The van der Waals surface area contributed by atoms with E-state index in [-0.39, 0.29) is 20.1 Å². The van der Waals surface area contributed by atoms with Gasteiger partial charge in [0.1, 0.15) is 5.58 Å². The Morgan fingerprint density at radius 1 is 0.590 bits per heavy atom. The van der Waals surface area contributed by atoms with E-state index in [9.17, 15) is 0 Å². The van der Waals surface area contributed by atoms with Crippen molar-refractivity contribution in [3.8, 4) is 33.6 Å². The van der Waals surface area contributed by atoms with E-state index in [1.807, 2.05) is 72.8 Å². The minimum atomic E-state index is 0. The van der Waals surface area contributed by atoms with Crippen molar-refractivity contribution in [3.05, 3.63) is 145 Å². The Balaban J connectivity index is 0.000000155. The minimum absolute atomic E-state index is 0. The molecule has 0 aliphatic rings. The predicted molar refractivity (Wildman–Crippen MR) is 154 cm³/mol. The summed E-state index contributed by atoms with van der Waals surface area (Å²) in [6.07, 6.45) is 3.59. The first-order chi connectivity index (χ1) is 18.8. The molecule has 39 heavy (non-hydrogen) atoms. The van der Waals surface area contributed by atoms with Crippen molar-refractivity contribution >= 4 is 21.9 Å². The molecular formula is C35H24IrN2O-2. The second-order valence-electron chi connectivity index (χ2n) is 8.94. The van der Waals surface area contributed by atoms with Gasteiger partial charge in [-0.2, -0.15) is 0 Å². The maximum absolute atomic E-state index is 6.10. The van der Waals surface area contributed by atoms with E-state index >= 15 is 0 Å². The van der Waals surface area contributed by atoms with Crippen LogP contribution in [0.3, 0.4) is 0 Å². The summed E-state index contributed by atoms with van der Waals surface area (Å²) in [5, 5.41) is 2.26. The van der Waals surface area contributed by atoms with Gasteiger partial charge in [0, 0.05) is 37.9 Å². The third-order valence-corrected chi connectivity index (χ3v) is 6.44. The van der Waals surface area contributed by atoms with Crippen LogP contribution in [0.1, 0.15) is 5.56 Å². The monoisotopic (exact) mass is 681 g/mol. The molecule has 0 N–H and O–H groups in total. The van der Waals surface area contributed by atoms with Gasteiger partial charge in [-0.05, 0) is 36.0 Å². The molecule has 3 nitrogen and oxygen atoms in total. The second kappa shape index (κ2) is 12.0. The fourth-order valence-electron chi connectivity index (χ4n) is 4.52. The number of para-hydroxylation sites is 1. The average molecular weight is 681 g/mol. The van der Waals surface area contributed by atoms with Crippen LogP contribution in [0.4, 0.5) is 0 Å². The molecule has 0 unspecified atom stereocenters. The van der Waals surface area contributed by atoms with E-state index < -0.39 is 0 Å². The molecule has 4 heteroatoms. The number of rotatable bonds is 3. The molecule has 4 aromatic carbocycles.